The summed E-state index contributed by atoms with van der Waals surface area (Å²) in [6.07, 6.45) is 12.4. The number of rotatable bonds is 12. The van der Waals surface area contributed by atoms with E-state index in [2.05, 4.69) is 12.2 Å². The minimum Gasteiger partial charge on any atom is -0.481 e. The van der Waals surface area contributed by atoms with Crippen LogP contribution in [0.15, 0.2) is 12.2 Å². The molecule has 0 amide bonds. The molecule has 0 aromatic rings. The molecule has 0 spiro atoms. The molecule has 0 saturated carbocycles. The highest BCUT2D eigenvalue weighted by molar-refractivity contribution is 5.66. The lowest BCUT2D eigenvalue weighted by Gasteiger charge is -1.96. The summed E-state index contributed by atoms with van der Waals surface area (Å²) in [6, 6.07) is 0. The molecule has 0 unspecified atom stereocenters. The topological polar surface area (TPSA) is 74.6 Å². The van der Waals surface area contributed by atoms with Crippen LogP contribution in [0, 0.1) is 0 Å². The third kappa shape index (κ3) is 14.7. The molecule has 0 aliphatic carbocycles. The molecule has 0 saturated heterocycles. The van der Waals surface area contributed by atoms with Gasteiger partial charge in [-0.2, -0.15) is 0 Å². The van der Waals surface area contributed by atoms with E-state index in [-0.39, 0.29) is 12.8 Å². The van der Waals surface area contributed by atoms with Gasteiger partial charge in [0, 0.05) is 12.8 Å². The molecule has 2 N–H and O–H groups in total. The molecule has 0 fully saturated rings. The Balaban J connectivity index is 3.14. The third-order valence-electron chi connectivity index (χ3n) is 2.69. The molecule has 0 aliphatic rings. The number of unbranched alkanes of at least 4 members (excludes halogenated alkanes) is 6. The zero-order valence-corrected chi connectivity index (χ0v) is 10.9. The summed E-state index contributed by atoms with van der Waals surface area (Å²) in [7, 11) is 0. The van der Waals surface area contributed by atoms with Crippen LogP contribution in [-0.4, -0.2) is 22.2 Å². The van der Waals surface area contributed by atoms with Crippen molar-refractivity contribution in [1.82, 2.24) is 0 Å². The van der Waals surface area contributed by atoms with Gasteiger partial charge < -0.3 is 10.2 Å². The second-order valence-corrected chi connectivity index (χ2v) is 4.46. The number of hydrogen-bond acceptors (Lipinski definition) is 2. The van der Waals surface area contributed by atoms with E-state index in [0.29, 0.717) is 0 Å². The molecule has 0 atom stereocenters. The van der Waals surface area contributed by atoms with Crippen molar-refractivity contribution in [2.24, 2.45) is 0 Å². The van der Waals surface area contributed by atoms with E-state index < -0.39 is 11.9 Å². The third-order valence-corrected chi connectivity index (χ3v) is 2.69. The molecular weight excluding hydrogens is 232 g/mol. The van der Waals surface area contributed by atoms with Crippen LogP contribution in [-0.2, 0) is 9.59 Å². The summed E-state index contributed by atoms with van der Waals surface area (Å²) >= 11 is 0. The predicted molar refractivity (Wildman–Crippen MR) is 70.6 cm³/mol. The number of allylic oxidation sites excluding steroid dienone is 2. The van der Waals surface area contributed by atoms with E-state index in [1.807, 2.05) is 0 Å². The van der Waals surface area contributed by atoms with E-state index in [4.69, 9.17) is 10.2 Å². The first-order chi connectivity index (χ1) is 8.63. The molecule has 18 heavy (non-hydrogen) atoms. The molecule has 0 aromatic heterocycles. The van der Waals surface area contributed by atoms with E-state index in [1.165, 1.54) is 0 Å². The van der Waals surface area contributed by atoms with Crippen molar-refractivity contribution in [2.75, 3.05) is 0 Å². The van der Waals surface area contributed by atoms with E-state index in [0.717, 1.165) is 51.4 Å². The number of carboxylic acid groups (broad SMARTS) is 2. The van der Waals surface area contributed by atoms with Gasteiger partial charge in [-0.15, -0.1) is 0 Å². The van der Waals surface area contributed by atoms with Crippen LogP contribution >= 0.6 is 0 Å². The molecule has 0 aliphatic heterocycles. The maximum atomic E-state index is 10.3. The molecule has 0 radical (unpaired) electrons. The Morgan fingerprint density at radius 3 is 1.39 bits per heavy atom. The fraction of sp³-hybridized carbons (Fsp3) is 0.714. The molecule has 0 rings (SSSR count). The minimum atomic E-state index is -0.716. The van der Waals surface area contributed by atoms with Gasteiger partial charge in [-0.05, 0) is 38.5 Å². The quantitative estimate of drug-likeness (QED) is 0.413. The van der Waals surface area contributed by atoms with Gasteiger partial charge in [0.05, 0.1) is 0 Å². The van der Waals surface area contributed by atoms with Gasteiger partial charge in [0.1, 0.15) is 0 Å². The molecule has 0 bridgehead atoms. The lowest BCUT2D eigenvalue weighted by Crippen LogP contribution is -1.93. The summed E-state index contributed by atoms with van der Waals surface area (Å²) in [5, 5.41) is 16.9. The first-order valence-electron chi connectivity index (χ1n) is 6.71. The monoisotopic (exact) mass is 256 g/mol. The standard InChI is InChI=1S/C14H24O4/c15-13(16)11-9-7-5-3-1-2-4-6-8-10-12-14(17)18/h1-2H,3-12H2,(H,15,16)(H,17,18)/b2-1+. The first kappa shape index (κ1) is 16.7. The second kappa shape index (κ2) is 12.1. The molecule has 4 heteroatoms. The fourth-order valence-electron chi connectivity index (χ4n) is 1.67. The van der Waals surface area contributed by atoms with Crippen LogP contribution in [0.4, 0.5) is 0 Å². The van der Waals surface area contributed by atoms with Gasteiger partial charge in [0.25, 0.3) is 0 Å². The Bertz CT molecular complexity index is 233. The Hall–Kier alpha value is -1.32. The van der Waals surface area contributed by atoms with Gasteiger partial charge in [-0.25, -0.2) is 0 Å². The van der Waals surface area contributed by atoms with Gasteiger partial charge in [0.2, 0.25) is 0 Å². The number of hydrogen-bond donors (Lipinski definition) is 2. The van der Waals surface area contributed by atoms with Gasteiger partial charge in [-0.1, -0.05) is 25.0 Å². The van der Waals surface area contributed by atoms with Gasteiger partial charge >= 0.3 is 11.9 Å². The van der Waals surface area contributed by atoms with Crippen LogP contribution in [0.5, 0.6) is 0 Å². The fourth-order valence-corrected chi connectivity index (χ4v) is 1.67. The van der Waals surface area contributed by atoms with Gasteiger partial charge in [0.15, 0.2) is 0 Å². The minimum absolute atomic E-state index is 0.271. The maximum absolute atomic E-state index is 10.3. The highest BCUT2D eigenvalue weighted by Gasteiger charge is 1.96. The molecule has 104 valence electrons. The predicted octanol–water partition coefficient (Wildman–Crippen LogP) is 3.61. The SMILES string of the molecule is O=C(O)CCCCC/C=C/CCCCCC(=O)O. The summed E-state index contributed by atoms with van der Waals surface area (Å²) in [5.74, 6) is -1.43. The van der Waals surface area contributed by atoms with Crippen LogP contribution in [0.2, 0.25) is 0 Å². The van der Waals surface area contributed by atoms with Crippen molar-refractivity contribution in [1.29, 1.82) is 0 Å². The normalized spacial score (nSPS) is 10.9. The Morgan fingerprint density at radius 1 is 0.667 bits per heavy atom. The summed E-state index contributed by atoms with van der Waals surface area (Å²) in [4.78, 5) is 20.5. The van der Waals surface area contributed by atoms with Crippen molar-refractivity contribution in [3.8, 4) is 0 Å². The highest BCUT2D eigenvalue weighted by Crippen LogP contribution is 2.06. The Kier molecular flexibility index (Phi) is 11.3. The van der Waals surface area contributed by atoms with Crippen LogP contribution in [0.25, 0.3) is 0 Å². The second-order valence-electron chi connectivity index (χ2n) is 4.46. The maximum Gasteiger partial charge on any atom is 0.303 e. The van der Waals surface area contributed by atoms with Crippen molar-refractivity contribution < 1.29 is 19.8 Å². The van der Waals surface area contributed by atoms with E-state index >= 15 is 0 Å². The van der Waals surface area contributed by atoms with Gasteiger partial charge in [-0.3, -0.25) is 9.59 Å². The van der Waals surface area contributed by atoms with E-state index in [9.17, 15) is 9.59 Å². The van der Waals surface area contributed by atoms with Crippen LogP contribution in [0.1, 0.15) is 64.2 Å². The average Bonchev–Trinajstić information content (AvgIpc) is 2.29. The molecule has 0 aromatic carbocycles. The van der Waals surface area contributed by atoms with Crippen LogP contribution in [0.3, 0.4) is 0 Å². The molecule has 4 nitrogen and oxygen atoms in total. The molecular formula is C14H24O4. The molecule has 0 heterocycles. The summed E-state index contributed by atoms with van der Waals surface area (Å²) in [6.45, 7) is 0. The average molecular weight is 256 g/mol. The van der Waals surface area contributed by atoms with Crippen molar-refractivity contribution in [3.63, 3.8) is 0 Å². The lowest BCUT2D eigenvalue weighted by atomic mass is 10.1. The Morgan fingerprint density at radius 2 is 1.06 bits per heavy atom. The first-order valence-corrected chi connectivity index (χ1v) is 6.71. The summed E-state index contributed by atoms with van der Waals surface area (Å²) in [5.41, 5.74) is 0. The number of aliphatic carboxylic acids is 2. The van der Waals surface area contributed by atoms with Crippen molar-refractivity contribution >= 4 is 11.9 Å². The Labute approximate surface area is 109 Å². The summed E-state index contributed by atoms with van der Waals surface area (Å²) < 4.78 is 0. The number of carbonyl (C=O) groups is 2. The van der Waals surface area contributed by atoms with Crippen molar-refractivity contribution in [3.05, 3.63) is 12.2 Å². The lowest BCUT2D eigenvalue weighted by molar-refractivity contribution is -0.138. The van der Waals surface area contributed by atoms with Crippen LogP contribution < -0.4 is 0 Å². The zero-order chi connectivity index (χ0) is 13.6. The highest BCUT2D eigenvalue weighted by atomic mass is 16.4. The number of carboxylic acids is 2. The van der Waals surface area contributed by atoms with Crippen molar-refractivity contribution in [2.45, 2.75) is 64.2 Å². The zero-order valence-electron chi connectivity index (χ0n) is 10.9. The largest absolute Gasteiger partial charge is 0.481 e. The smallest absolute Gasteiger partial charge is 0.303 e. The van der Waals surface area contributed by atoms with E-state index in [1.54, 1.807) is 0 Å².